The van der Waals surface area contributed by atoms with Crippen LogP contribution in [0, 0.1) is 12.3 Å². The second-order valence-corrected chi connectivity index (χ2v) is 3.38. The molecule has 1 heteroatoms. The average Bonchev–Trinajstić information content (AvgIpc) is 2.05. The van der Waals surface area contributed by atoms with Crippen LogP contribution < -0.4 is 0 Å². The van der Waals surface area contributed by atoms with E-state index in [1.807, 2.05) is 0 Å². The summed E-state index contributed by atoms with van der Waals surface area (Å²) in [5.74, 6) is 0. The van der Waals surface area contributed by atoms with Gasteiger partial charge in [-0.25, -0.2) is 0 Å². The summed E-state index contributed by atoms with van der Waals surface area (Å²) in [7, 11) is 0. The highest BCUT2D eigenvalue weighted by Crippen LogP contribution is 2.29. The normalized spacial score (nSPS) is 12.0. The molecule has 0 spiro atoms. The van der Waals surface area contributed by atoms with Crippen molar-refractivity contribution in [3.05, 3.63) is 6.92 Å². The van der Waals surface area contributed by atoms with Gasteiger partial charge in [-0.15, -0.1) is 0 Å². The van der Waals surface area contributed by atoms with E-state index in [-0.39, 0.29) is 0 Å². The number of rotatable bonds is 6. The van der Waals surface area contributed by atoms with Crippen LogP contribution in [0.25, 0.3) is 0 Å². The molecule has 0 unspecified atom stereocenters. The van der Waals surface area contributed by atoms with E-state index in [0.717, 1.165) is 13.0 Å². The standard InChI is InChI=1S/C10H21O/c1-5-10(4,6-2)8-9-11-7-3/h3,5-9H2,1-2,4H3. The molecule has 0 bridgehead atoms. The Morgan fingerprint density at radius 1 is 1.27 bits per heavy atom. The van der Waals surface area contributed by atoms with Crippen LogP contribution in [0.5, 0.6) is 0 Å². The summed E-state index contributed by atoms with van der Waals surface area (Å²) in [6.45, 7) is 11.9. The summed E-state index contributed by atoms with van der Waals surface area (Å²) in [4.78, 5) is 0. The lowest BCUT2D eigenvalue weighted by atomic mass is 9.82. The molecule has 0 amide bonds. The fraction of sp³-hybridized carbons (Fsp3) is 0.900. The largest absolute Gasteiger partial charge is 0.381 e. The van der Waals surface area contributed by atoms with Gasteiger partial charge in [0.2, 0.25) is 0 Å². The van der Waals surface area contributed by atoms with Crippen LogP contribution in [-0.2, 0) is 4.74 Å². The van der Waals surface area contributed by atoms with Gasteiger partial charge < -0.3 is 4.74 Å². The Morgan fingerprint density at radius 3 is 2.18 bits per heavy atom. The molecule has 67 valence electrons. The summed E-state index contributed by atoms with van der Waals surface area (Å²) >= 11 is 0. The minimum Gasteiger partial charge on any atom is -0.381 e. The predicted octanol–water partition coefficient (Wildman–Crippen LogP) is 3.05. The maximum absolute atomic E-state index is 5.22. The van der Waals surface area contributed by atoms with Crippen molar-refractivity contribution in [2.45, 2.75) is 40.0 Å². The van der Waals surface area contributed by atoms with Crippen LogP contribution >= 0.6 is 0 Å². The Kier molecular flexibility index (Phi) is 5.57. The highest BCUT2D eigenvalue weighted by Gasteiger charge is 2.18. The maximum atomic E-state index is 5.22. The highest BCUT2D eigenvalue weighted by molar-refractivity contribution is 4.69. The number of ether oxygens (including phenoxy) is 1. The van der Waals surface area contributed by atoms with Crippen molar-refractivity contribution in [3.63, 3.8) is 0 Å². The lowest BCUT2D eigenvalue weighted by molar-refractivity contribution is 0.114. The fourth-order valence-electron chi connectivity index (χ4n) is 1.02. The first-order chi connectivity index (χ1) is 5.18. The molecule has 0 aromatic carbocycles. The van der Waals surface area contributed by atoms with Gasteiger partial charge in [-0.2, -0.15) is 0 Å². The molecular weight excluding hydrogens is 136 g/mol. The zero-order valence-electron chi connectivity index (χ0n) is 8.15. The van der Waals surface area contributed by atoms with Crippen molar-refractivity contribution in [1.82, 2.24) is 0 Å². The van der Waals surface area contributed by atoms with E-state index in [0.29, 0.717) is 12.0 Å². The molecule has 0 aliphatic rings. The Morgan fingerprint density at radius 2 is 1.82 bits per heavy atom. The molecule has 0 aliphatic heterocycles. The minimum absolute atomic E-state index is 0.481. The maximum Gasteiger partial charge on any atom is 0.0471 e. The quantitative estimate of drug-likeness (QED) is 0.538. The smallest absolute Gasteiger partial charge is 0.0471 e. The van der Waals surface area contributed by atoms with Crippen LogP contribution in [0.4, 0.5) is 0 Å². The molecule has 0 atom stereocenters. The van der Waals surface area contributed by atoms with Gasteiger partial charge in [0.15, 0.2) is 0 Å². The molecule has 0 aromatic heterocycles. The first kappa shape index (κ1) is 11.0. The van der Waals surface area contributed by atoms with E-state index in [9.17, 15) is 0 Å². The molecule has 0 N–H and O–H groups in total. The zero-order chi connectivity index (χ0) is 8.74. The number of hydrogen-bond acceptors (Lipinski definition) is 1. The van der Waals surface area contributed by atoms with Crippen molar-refractivity contribution >= 4 is 0 Å². The molecule has 0 aromatic rings. The topological polar surface area (TPSA) is 9.23 Å². The van der Waals surface area contributed by atoms with Crippen molar-refractivity contribution < 1.29 is 4.74 Å². The van der Waals surface area contributed by atoms with Gasteiger partial charge in [-0.05, 0) is 18.8 Å². The number of hydrogen-bond donors (Lipinski definition) is 0. The molecule has 0 saturated carbocycles. The lowest BCUT2D eigenvalue weighted by Gasteiger charge is -2.26. The second-order valence-electron chi connectivity index (χ2n) is 3.38. The summed E-state index contributed by atoms with van der Waals surface area (Å²) in [5, 5.41) is 0. The van der Waals surface area contributed by atoms with E-state index in [4.69, 9.17) is 4.74 Å². The third kappa shape index (κ3) is 4.41. The van der Waals surface area contributed by atoms with Gasteiger partial charge in [0.25, 0.3) is 0 Å². The summed E-state index contributed by atoms with van der Waals surface area (Å²) in [6.07, 6.45) is 3.64. The van der Waals surface area contributed by atoms with E-state index >= 15 is 0 Å². The van der Waals surface area contributed by atoms with E-state index in [2.05, 4.69) is 27.7 Å². The van der Waals surface area contributed by atoms with Gasteiger partial charge in [0.1, 0.15) is 0 Å². The summed E-state index contributed by atoms with van der Waals surface area (Å²) in [6, 6.07) is 0. The van der Waals surface area contributed by atoms with Crippen molar-refractivity contribution in [3.8, 4) is 0 Å². The predicted molar refractivity (Wildman–Crippen MR) is 49.5 cm³/mol. The molecule has 1 radical (unpaired) electrons. The Balaban J connectivity index is 3.51. The lowest BCUT2D eigenvalue weighted by Crippen LogP contribution is -2.16. The Labute approximate surface area is 71.1 Å². The van der Waals surface area contributed by atoms with Gasteiger partial charge in [0, 0.05) is 13.2 Å². The van der Waals surface area contributed by atoms with Crippen LogP contribution in [0.3, 0.4) is 0 Å². The first-order valence-corrected chi connectivity index (χ1v) is 4.55. The van der Waals surface area contributed by atoms with E-state index in [1.54, 1.807) is 0 Å². The third-order valence-corrected chi connectivity index (χ3v) is 2.70. The third-order valence-electron chi connectivity index (χ3n) is 2.70. The molecule has 0 rings (SSSR count). The van der Waals surface area contributed by atoms with Gasteiger partial charge in [-0.3, -0.25) is 0 Å². The molecule has 0 fully saturated rings. The highest BCUT2D eigenvalue weighted by atomic mass is 16.5. The molecule has 1 nitrogen and oxygen atoms in total. The molecule has 0 heterocycles. The van der Waals surface area contributed by atoms with E-state index < -0.39 is 0 Å². The van der Waals surface area contributed by atoms with Crippen molar-refractivity contribution in [1.29, 1.82) is 0 Å². The van der Waals surface area contributed by atoms with Crippen LogP contribution in [0.1, 0.15) is 40.0 Å². The molecular formula is C10H21O. The van der Waals surface area contributed by atoms with Crippen LogP contribution in [-0.4, -0.2) is 13.2 Å². The zero-order valence-corrected chi connectivity index (χ0v) is 8.15. The Hall–Kier alpha value is -0.0400. The fourth-order valence-corrected chi connectivity index (χ4v) is 1.02. The SMILES string of the molecule is [CH2]COCCC(C)(CC)CC. The minimum atomic E-state index is 0.481. The van der Waals surface area contributed by atoms with Gasteiger partial charge >= 0.3 is 0 Å². The molecule has 0 aliphatic carbocycles. The van der Waals surface area contributed by atoms with Crippen LogP contribution in [0.15, 0.2) is 0 Å². The van der Waals surface area contributed by atoms with Crippen LogP contribution in [0.2, 0.25) is 0 Å². The molecule has 11 heavy (non-hydrogen) atoms. The summed E-state index contributed by atoms with van der Waals surface area (Å²) in [5.41, 5.74) is 0.481. The van der Waals surface area contributed by atoms with Gasteiger partial charge in [-0.1, -0.05) is 33.6 Å². The average molecular weight is 157 g/mol. The summed E-state index contributed by atoms with van der Waals surface area (Å²) < 4.78 is 5.22. The second kappa shape index (κ2) is 5.59. The van der Waals surface area contributed by atoms with Crippen molar-refractivity contribution in [2.24, 2.45) is 5.41 Å². The first-order valence-electron chi connectivity index (χ1n) is 4.55. The van der Waals surface area contributed by atoms with Crippen molar-refractivity contribution in [2.75, 3.05) is 13.2 Å². The monoisotopic (exact) mass is 157 g/mol. The Bertz CT molecular complexity index is 84.9. The molecule has 0 saturated heterocycles. The van der Waals surface area contributed by atoms with Gasteiger partial charge in [0.05, 0.1) is 0 Å². The van der Waals surface area contributed by atoms with E-state index in [1.165, 1.54) is 12.8 Å².